The van der Waals surface area contributed by atoms with Gasteiger partial charge in [-0.1, -0.05) is 23.7 Å². The number of halogens is 1. The summed E-state index contributed by atoms with van der Waals surface area (Å²) in [4.78, 5) is 24.0. The molecule has 0 saturated carbocycles. The molecule has 5 nitrogen and oxygen atoms in total. The van der Waals surface area contributed by atoms with Crippen LogP contribution in [0, 0.1) is 0 Å². The molecule has 3 N–H and O–H groups in total. The van der Waals surface area contributed by atoms with Crippen molar-refractivity contribution in [1.29, 1.82) is 0 Å². The van der Waals surface area contributed by atoms with Crippen molar-refractivity contribution in [3.63, 3.8) is 0 Å². The lowest BCUT2D eigenvalue weighted by atomic mass is 9.91. The summed E-state index contributed by atoms with van der Waals surface area (Å²) in [5.41, 5.74) is 4.75. The first-order valence-corrected chi connectivity index (χ1v) is 7.28. The first kappa shape index (κ1) is 15.8. The Morgan fingerprint density at radius 1 is 1.52 bits per heavy atom. The highest BCUT2D eigenvalue weighted by molar-refractivity contribution is 6.30. The average Bonchev–Trinajstić information content (AvgIpc) is 2.91. The fourth-order valence-electron chi connectivity index (χ4n) is 2.42. The van der Waals surface area contributed by atoms with Crippen LogP contribution in [-0.4, -0.2) is 24.5 Å². The molecule has 2 atom stereocenters. The van der Waals surface area contributed by atoms with Gasteiger partial charge in [0.15, 0.2) is 0 Å². The van der Waals surface area contributed by atoms with Gasteiger partial charge in [0.05, 0.1) is 12.5 Å². The Morgan fingerprint density at radius 2 is 2.29 bits per heavy atom. The molecule has 1 saturated heterocycles. The molecule has 2 rings (SSSR count). The minimum atomic E-state index is -1.29. The fourth-order valence-corrected chi connectivity index (χ4v) is 2.61. The van der Waals surface area contributed by atoms with Gasteiger partial charge in [-0.15, -0.1) is 0 Å². The number of benzene rings is 1. The van der Waals surface area contributed by atoms with E-state index in [2.05, 4.69) is 5.32 Å². The molecule has 21 heavy (non-hydrogen) atoms. The Hall–Kier alpha value is -1.59. The molecule has 0 spiro atoms. The van der Waals surface area contributed by atoms with Crippen molar-refractivity contribution >= 4 is 23.4 Å². The topological polar surface area (TPSA) is 81.4 Å². The highest BCUT2D eigenvalue weighted by Crippen LogP contribution is 2.24. The predicted molar refractivity (Wildman–Crippen MR) is 79.7 cm³/mol. The zero-order chi connectivity index (χ0) is 15.5. The van der Waals surface area contributed by atoms with E-state index in [1.807, 2.05) is 0 Å². The van der Waals surface area contributed by atoms with E-state index >= 15 is 0 Å². The van der Waals surface area contributed by atoms with Crippen molar-refractivity contribution in [3.8, 4) is 0 Å². The van der Waals surface area contributed by atoms with E-state index in [4.69, 9.17) is 22.1 Å². The lowest BCUT2D eigenvalue weighted by Gasteiger charge is -2.28. The third-order valence-electron chi connectivity index (χ3n) is 3.72. The maximum atomic E-state index is 12.1. The van der Waals surface area contributed by atoms with E-state index in [9.17, 15) is 9.59 Å². The Labute approximate surface area is 128 Å². The minimum Gasteiger partial charge on any atom is -0.378 e. The lowest BCUT2D eigenvalue weighted by molar-refractivity contribution is -0.132. The molecule has 1 heterocycles. The van der Waals surface area contributed by atoms with Crippen molar-refractivity contribution < 1.29 is 14.3 Å². The van der Waals surface area contributed by atoms with Crippen LogP contribution in [0.2, 0.25) is 5.02 Å². The van der Waals surface area contributed by atoms with E-state index in [1.165, 1.54) is 0 Å². The molecule has 1 aliphatic heterocycles. The first-order valence-electron chi connectivity index (χ1n) is 6.90. The molecule has 0 aliphatic carbocycles. The summed E-state index contributed by atoms with van der Waals surface area (Å²) in [5.74, 6) is -0.895. The Morgan fingerprint density at radius 3 is 2.86 bits per heavy atom. The number of nitrogens with two attached hydrogens (primary N) is 1. The third-order valence-corrected chi connectivity index (χ3v) is 3.96. The zero-order valence-corrected chi connectivity index (χ0v) is 12.7. The molecule has 1 fully saturated rings. The third kappa shape index (κ3) is 3.74. The molecule has 0 bridgehead atoms. The van der Waals surface area contributed by atoms with Gasteiger partial charge in [0, 0.05) is 11.6 Å². The van der Waals surface area contributed by atoms with Gasteiger partial charge >= 0.3 is 0 Å². The number of hydrogen-bond acceptors (Lipinski definition) is 3. The highest BCUT2D eigenvalue weighted by Gasteiger charge is 2.35. The SMILES string of the molecule is C[C@](NC(=O)C[C@H]1CCCO1)(C(N)=O)c1cccc(Cl)c1. The number of amides is 2. The zero-order valence-electron chi connectivity index (χ0n) is 11.9. The van der Waals surface area contributed by atoms with Crippen LogP contribution in [0.4, 0.5) is 0 Å². The average molecular weight is 311 g/mol. The molecule has 2 amide bonds. The van der Waals surface area contributed by atoms with Crippen LogP contribution in [0.3, 0.4) is 0 Å². The molecule has 6 heteroatoms. The lowest BCUT2D eigenvalue weighted by Crippen LogP contribution is -2.53. The Balaban J connectivity index is 2.14. The number of primary amides is 1. The number of nitrogens with one attached hydrogen (secondary N) is 1. The maximum Gasteiger partial charge on any atom is 0.247 e. The molecule has 1 aliphatic rings. The van der Waals surface area contributed by atoms with Gasteiger partial charge in [-0.3, -0.25) is 9.59 Å². The molecule has 0 aromatic heterocycles. The fraction of sp³-hybridized carbons (Fsp3) is 0.467. The molecule has 1 aromatic rings. The predicted octanol–water partition coefficient (Wildman–Crippen LogP) is 1.73. The standard InChI is InChI=1S/C15H19ClN2O3/c1-15(14(17)20,10-4-2-5-11(16)8-10)18-13(19)9-12-6-3-7-21-12/h2,4-5,8,12H,3,6-7,9H2,1H3,(H2,17,20)(H,18,19)/t12-,15-/m1/s1. The smallest absolute Gasteiger partial charge is 0.247 e. The monoisotopic (exact) mass is 310 g/mol. The molecule has 0 unspecified atom stereocenters. The Bertz CT molecular complexity index is 543. The van der Waals surface area contributed by atoms with Crippen molar-refractivity contribution in [1.82, 2.24) is 5.32 Å². The van der Waals surface area contributed by atoms with Crippen LogP contribution < -0.4 is 11.1 Å². The van der Waals surface area contributed by atoms with Gasteiger partial charge in [0.2, 0.25) is 11.8 Å². The van der Waals surface area contributed by atoms with Gasteiger partial charge in [-0.25, -0.2) is 0 Å². The quantitative estimate of drug-likeness (QED) is 0.869. The number of rotatable bonds is 5. The second kappa shape index (κ2) is 6.45. The van der Waals surface area contributed by atoms with Crippen LogP contribution in [0.25, 0.3) is 0 Å². The van der Waals surface area contributed by atoms with E-state index < -0.39 is 11.4 Å². The van der Waals surface area contributed by atoms with E-state index in [1.54, 1.807) is 31.2 Å². The minimum absolute atomic E-state index is 0.0820. The second-order valence-electron chi connectivity index (χ2n) is 5.39. The molecule has 114 valence electrons. The van der Waals surface area contributed by atoms with Crippen molar-refractivity contribution in [2.45, 2.75) is 37.8 Å². The molecule has 1 aromatic carbocycles. The summed E-state index contributed by atoms with van der Waals surface area (Å²) in [6.45, 7) is 2.26. The Kier molecular flexibility index (Phi) is 4.85. The summed E-state index contributed by atoms with van der Waals surface area (Å²) in [6.07, 6.45) is 1.96. The van der Waals surface area contributed by atoms with E-state index in [0.29, 0.717) is 17.2 Å². The normalized spacial score (nSPS) is 20.8. The number of hydrogen-bond donors (Lipinski definition) is 2. The van der Waals surface area contributed by atoms with Crippen molar-refractivity contribution in [2.75, 3.05) is 6.61 Å². The number of carbonyl (C=O) groups is 2. The molecular formula is C15H19ClN2O3. The van der Waals surface area contributed by atoms with Crippen molar-refractivity contribution in [2.24, 2.45) is 5.73 Å². The molecule has 0 radical (unpaired) electrons. The van der Waals surface area contributed by atoms with Crippen LogP contribution in [0.1, 0.15) is 31.7 Å². The second-order valence-corrected chi connectivity index (χ2v) is 5.82. The van der Waals surface area contributed by atoms with Gasteiger partial charge in [0.1, 0.15) is 5.54 Å². The summed E-state index contributed by atoms with van der Waals surface area (Å²) < 4.78 is 5.43. The number of carbonyl (C=O) groups excluding carboxylic acids is 2. The van der Waals surface area contributed by atoms with E-state index in [0.717, 1.165) is 12.8 Å². The summed E-state index contributed by atoms with van der Waals surface area (Å²) in [7, 11) is 0. The van der Waals surface area contributed by atoms with Gasteiger partial charge < -0.3 is 15.8 Å². The molecular weight excluding hydrogens is 292 g/mol. The van der Waals surface area contributed by atoms with Crippen LogP contribution in [0.15, 0.2) is 24.3 Å². The first-order chi connectivity index (χ1) is 9.91. The van der Waals surface area contributed by atoms with Crippen LogP contribution in [0.5, 0.6) is 0 Å². The van der Waals surface area contributed by atoms with E-state index in [-0.39, 0.29) is 18.4 Å². The number of ether oxygens (including phenoxy) is 1. The van der Waals surface area contributed by atoms with Gasteiger partial charge in [-0.05, 0) is 37.5 Å². The van der Waals surface area contributed by atoms with Crippen LogP contribution >= 0.6 is 11.6 Å². The van der Waals surface area contributed by atoms with Gasteiger partial charge in [-0.2, -0.15) is 0 Å². The van der Waals surface area contributed by atoms with Crippen LogP contribution in [-0.2, 0) is 19.9 Å². The van der Waals surface area contributed by atoms with Crippen molar-refractivity contribution in [3.05, 3.63) is 34.9 Å². The summed E-state index contributed by atoms with van der Waals surface area (Å²) in [5, 5.41) is 3.19. The van der Waals surface area contributed by atoms with Gasteiger partial charge in [0.25, 0.3) is 0 Å². The summed E-state index contributed by atoms with van der Waals surface area (Å²) >= 11 is 5.94. The largest absolute Gasteiger partial charge is 0.378 e. The highest BCUT2D eigenvalue weighted by atomic mass is 35.5. The maximum absolute atomic E-state index is 12.1. The summed E-state index contributed by atoms with van der Waals surface area (Å²) in [6, 6.07) is 6.74.